The lowest BCUT2D eigenvalue weighted by atomic mass is 10.0. The molecule has 0 atom stereocenters. The summed E-state index contributed by atoms with van der Waals surface area (Å²) in [5.74, 6) is -1.56. The summed E-state index contributed by atoms with van der Waals surface area (Å²) in [6.45, 7) is 3.90. The van der Waals surface area contributed by atoms with Crippen molar-refractivity contribution >= 4 is 6.09 Å². The molecule has 0 fully saturated rings. The fourth-order valence-corrected chi connectivity index (χ4v) is 2.44. The second kappa shape index (κ2) is 8.29. The first-order valence-electron chi connectivity index (χ1n) is 8.55. The number of aryl methyl sites for hydroxylation is 2. The van der Waals surface area contributed by atoms with Crippen LogP contribution in [0.4, 0.5) is 18.0 Å². The van der Waals surface area contributed by atoms with E-state index in [1.165, 1.54) is 0 Å². The molecule has 0 aliphatic heterocycles. The predicted octanol–water partition coefficient (Wildman–Crippen LogP) is 4.19. The van der Waals surface area contributed by atoms with Gasteiger partial charge in [-0.3, -0.25) is 4.98 Å². The molecule has 0 radical (unpaired) electrons. The van der Waals surface area contributed by atoms with Gasteiger partial charge in [0.1, 0.15) is 6.61 Å². The third kappa shape index (κ3) is 5.31. The molecule has 1 amide bonds. The number of halogens is 3. The van der Waals surface area contributed by atoms with Crippen LogP contribution in [0.25, 0.3) is 11.4 Å². The van der Waals surface area contributed by atoms with E-state index in [0.29, 0.717) is 5.56 Å². The molecule has 0 bridgehead atoms. The molecule has 29 heavy (non-hydrogen) atoms. The highest BCUT2D eigenvalue weighted by Crippen LogP contribution is 2.29. The van der Waals surface area contributed by atoms with E-state index >= 15 is 0 Å². The lowest BCUT2D eigenvalue weighted by molar-refractivity contribution is -0.159. The maximum Gasteiger partial charge on any atom is 0.471 e. The van der Waals surface area contributed by atoms with Crippen molar-refractivity contribution in [3.63, 3.8) is 0 Å². The lowest BCUT2D eigenvalue weighted by Gasteiger charge is -2.10. The molecular formula is C19H17F3N4O3. The van der Waals surface area contributed by atoms with Crippen LogP contribution in [0, 0.1) is 13.8 Å². The Hall–Kier alpha value is -3.43. The standard InChI is InChI=1S/C19H17F3N4O3/c1-11-7-14(16-25-17(29-26-16)19(20,21)22)5-6-15(11)9-24-18(27)28-10-13-4-3-12(2)23-8-13/h3-8H,9-10H2,1-2H3,(H,24,27). The Morgan fingerprint density at radius 2 is 2.00 bits per heavy atom. The van der Waals surface area contributed by atoms with E-state index in [9.17, 15) is 18.0 Å². The summed E-state index contributed by atoms with van der Waals surface area (Å²) >= 11 is 0. The topological polar surface area (TPSA) is 90.1 Å². The van der Waals surface area contributed by atoms with Crippen molar-refractivity contribution in [2.45, 2.75) is 33.2 Å². The van der Waals surface area contributed by atoms with Crippen molar-refractivity contribution in [2.24, 2.45) is 0 Å². The molecular weight excluding hydrogens is 389 g/mol. The average molecular weight is 406 g/mol. The van der Waals surface area contributed by atoms with E-state index in [1.807, 2.05) is 19.1 Å². The number of nitrogens with one attached hydrogen (secondary N) is 1. The van der Waals surface area contributed by atoms with Crippen LogP contribution in [0.5, 0.6) is 0 Å². The van der Waals surface area contributed by atoms with Crippen molar-refractivity contribution in [3.8, 4) is 11.4 Å². The first-order valence-corrected chi connectivity index (χ1v) is 8.55. The fourth-order valence-electron chi connectivity index (χ4n) is 2.44. The Labute approximate surface area is 163 Å². The molecule has 0 aliphatic rings. The fraction of sp³-hybridized carbons (Fsp3) is 0.263. The van der Waals surface area contributed by atoms with E-state index in [-0.39, 0.29) is 19.0 Å². The summed E-state index contributed by atoms with van der Waals surface area (Å²) in [7, 11) is 0. The van der Waals surface area contributed by atoms with Gasteiger partial charge < -0.3 is 14.6 Å². The minimum Gasteiger partial charge on any atom is -0.445 e. The Morgan fingerprint density at radius 3 is 2.62 bits per heavy atom. The Morgan fingerprint density at radius 1 is 1.21 bits per heavy atom. The lowest BCUT2D eigenvalue weighted by Crippen LogP contribution is -2.24. The van der Waals surface area contributed by atoms with Crippen molar-refractivity contribution < 1.29 is 27.2 Å². The summed E-state index contributed by atoms with van der Waals surface area (Å²) in [4.78, 5) is 19.3. The first kappa shape index (κ1) is 20.3. The number of amides is 1. The molecule has 0 spiro atoms. The van der Waals surface area contributed by atoms with Gasteiger partial charge in [0.05, 0.1) is 0 Å². The minimum atomic E-state index is -4.70. The van der Waals surface area contributed by atoms with Crippen LogP contribution >= 0.6 is 0 Å². The van der Waals surface area contributed by atoms with Crippen LogP contribution in [0.1, 0.15) is 28.3 Å². The van der Waals surface area contributed by atoms with Crippen LogP contribution in [0.3, 0.4) is 0 Å². The molecule has 7 nitrogen and oxygen atoms in total. The van der Waals surface area contributed by atoms with Crippen molar-refractivity contribution in [1.29, 1.82) is 0 Å². The van der Waals surface area contributed by atoms with E-state index in [0.717, 1.165) is 22.4 Å². The Bertz CT molecular complexity index is 1000. The van der Waals surface area contributed by atoms with Crippen LogP contribution < -0.4 is 5.32 Å². The van der Waals surface area contributed by atoms with Crippen LogP contribution in [-0.2, 0) is 24.1 Å². The van der Waals surface area contributed by atoms with Crippen molar-refractivity contribution in [1.82, 2.24) is 20.4 Å². The summed E-state index contributed by atoms with van der Waals surface area (Å²) in [6.07, 6.45) is -3.66. The monoisotopic (exact) mass is 406 g/mol. The van der Waals surface area contributed by atoms with E-state index < -0.39 is 18.2 Å². The van der Waals surface area contributed by atoms with Crippen LogP contribution in [-0.4, -0.2) is 21.2 Å². The van der Waals surface area contributed by atoms with Gasteiger partial charge in [-0.1, -0.05) is 23.4 Å². The number of pyridine rings is 1. The molecule has 0 saturated heterocycles. The zero-order valence-electron chi connectivity index (χ0n) is 15.6. The van der Waals surface area contributed by atoms with E-state index in [2.05, 4.69) is 25.0 Å². The SMILES string of the molecule is Cc1ccc(COC(=O)NCc2ccc(-c3noc(C(F)(F)F)n3)cc2C)cn1. The molecule has 0 saturated carbocycles. The molecule has 152 valence electrons. The minimum absolute atomic E-state index is 0.0937. The largest absolute Gasteiger partial charge is 0.471 e. The van der Waals surface area contributed by atoms with Gasteiger partial charge >= 0.3 is 18.2 Å². The van der Waals surface area contributed by atoms with E-state index in [4.69, 9.17) is 4.74 Å². The third-order valence-electron chi connectivity index (χ3n) is 4.04. The van der Waals surface area contributed by atoms with Gasteiger partial charge in [-0.15, -0.1) is 0 Å². The summed E-state index contributed by atoms with van der Waals surface area (Å²) in [5.41, 5.74) is 3.52. The number of hydrogen-bond acceptors (Lipinski definition) is 6. The van der Waals surface area contributed by atoms with Crippen LogP contribution in [0.2, 0.25) is 0 Å². The smallest absolute Gasteiger partial charge is 0.445 e. The van der Waals surface area contributed by atoms with Gasteiger partial charge in [0.2, 0.25) is 5.82 Å². The third-order valence-corrected chi connectivity index (χ3v) is 4.04. The number of benzene rings is 1. The quantitative estimate of drug-likeness (QED) is 0.683. The Kier molecular flexibility index (Phi) is 5.81. The highest BCUT2D eigenvalue weighted by atomic mass is 19.4. The van der Waals surface area contributed by atoms with E-state index in [1.54, 1.807) is 31.3 Å². The number of carbonyl (C=O) groups is 1. The molecule has 3 aromatic rings. The number of ether oxygens (including phenoxy) is 1. The van der Waals surface area contributed by atoms with Gasteiger partial charge in [0.25, 0.3) is 0 Å². The maximum atomic E-state index is 12.6. The molecule has 0 aliphatic carbocycles. The average Bonchev–Trinajstić information content (AvgIpc) is 3.17. The van der Waals surface area contributed by atoms with Gasteiger partial charge in [0, 0.05) is 29.6 Å². The predicted molar refractivity (Wildman–Crippen MR) is 95.5 cm³/mol. The zero-order valence-corrected chi connectivity index (χ0v) is 15.6. The number of carbonyl (C=O) groups excluding carboxylic acids is 1. The first-order chi connectivity index (χ1) is 13.7. The molecule has 1 N–H and O–H groups in total. The van der Waals surface area contributed by atoms with Gasteiger partial charge in [-0.05, 0) is 37.1 Å². The highest BCUT2D eigenvalue weighted by molar-refractivity contribution is 5.67. The summed E-state index contributed by atoms with van der Waals surface area (Å²) < 4.78 is 47.1. The number of aromatic nitrogens is 3. The normalized spacial score (nSPS) is 11.3. The molecule has 1 aromatic carbocycles. The number of alkyl carbamates (subject to hydrolysis) is 1. The Balaban J connectivity index is 1.57. The zero-order chi connectivity index (χ0) is 21.0. The van der Waals surface area contributed by atoms with Crippen molar-refractivity contribution in [2.75, 3.05) is 0 Å². The second-order valence-corrected chi connectivity index (χ2v) is 6.30. The maximum absolute atomic E-state index is 12.6. The number of nitrogens with zero attached hydrogens (tertiary/aromatic N) is 3. The molecule has 10 heteroatoms. The highest BCUT2D eigenvalue weighted by Gasteiger charge is 2.38. The van der Waals surface area contributed by atoms with Gasteiger partial charge in [-0.25, -0.2) is 4.79 Å². The number of alkyl halides is 3. The van der Waals surface area contributed by atoms with Crippen LogP contribution in [0.15, 0.2) is 41.1 Å². The molecule has 3 rings (SSSR count). The van der Waals surface area contributed by atoms with Gasteiger partial charge in [0.15, 0.2) is 0 Å². The number of hydrogen-bond donors (Lipinski definition) is 1. The van der Waals surface area contributed by atoms with Crippen molar-refractivity contribution in [3.05, 3.63) is 64.8 Å². The summed E-state index contributed by atoms with van der Waals surface area (Å²) in [5, 5.41) is 5.98. The summed E-state index contributed by atoms with van der Waals surface area (Å²) in [6, 6.07) is 8.48. The molecule has 0 unspecified atom stereocenters. The number of rotatable bonds is 5. The molecule has 2 aromatic heterocycles. The molecule has 2 heterocycles. The second-order valence-electron chi connectivity index (χ2n) is 6.30. The van der Waals surface area contributed by atoms with Gasteiger partial charge in [-0.2, -0.15) is 18.2 Å².